The minimum atomic E-state index is -1.23. The smallest absolute Gasteiger partial charge is 0.371 e. The third kappa shape index (κ3) is 2.31. The first-order valence-corrected chi connectivity index (χ1v) is 4.70. The van der Waals surface area contributed by atoms with Crippen molar-refractivity contribution in [2.75, 3.05) is 0 Å². The number of nitrogens with zero attached hydrogens (tertiary/aromatic N) is 1. The number of aromatic nitrogens is 1. The number of hydrogen-bond acceptors (Lipinski definition) is 4. The molecule has 1 unspecified atom stereocenters. The fourth-order valence-corrected chi connectivity index (χ4v) is 1.31. The van der Waals surface area contributed by atoms with E-state index in [9.17, 15) is 14.3 Å². The van der Waals surface area contributed by atoms with Crippen LogP contribution in [0.3, 0.4) is 0 Å². The number of carbonyl (C=O) groups is 1. The van der Waals surface area contributed by atoms with Crippen molar-refractivity contribution in [1.29, 1.82) is 0 Å². The van der Waals surface area contributed by atoms with Crippen LogP contribution in [0.15, 0.2) is 34.9 Å². The molecule has 2 aromatic rings. The Morgan fingerprint density at radius 1 is 1.35 bits per heavy atom. The van der Waals surface area contributed by atoms with Crippen LogP contribution < -0.4 is 0 Å². The van der Waals surface area contributed by atoms with Crippen LogP contribution in [0.5, 0.6) is 0 Å². The maximum Gasteiger partial charge on any atom is 0.371 e. The molecule has 2 heterocycles. The first-order chi connectivity index (χ1) is 8.08. The number of aromatic carboxylic acids is 1. The van der Waals surface area contributed by atoms with Gasteiger partial charge in [0.05, 0.1) is 11.9 Å². The van der Waals surface area contributed by atoms with Crippen molar-refractivity contribution in [3.8, 4) is 0 Å². The van der Waals surface area contributed by atoms with Gasteiger partial charge in [-0.25, -0.2) is 9.18 Å². The third-order valence-electron chi connectivity index (χ3n) is 2.14. The molecule has 0 fully saturated rings. The van der Waals surface area contributed by atoms with Crippen LogP contribution in [0.1, 0.15) is 28.1 Å². The highest BCUT2D eigenvalue weighted by atomic mass is 19.1. The number of carboxylic acid groups (broad SMARTS) is 1. The highest BCUT2D eigenvalue weighted by molar-refractivity contribution is 5.84. The molecule has 0 bridgehead atoms. The molecule has 0 saturated heterocycles. The van der Waals surface area contributed by atoms with Crippen molar-refractivity contribution in [2.45, 2.75) is 6.10 Å². The summed E-state index contributed by atoms with van der Waals surface area (Å²) in [4.78, 5) is 14.3. The van der Waals surface area contributed by atoms with Crippen molar-refractivity contribution in [1.82, 2.24) is 4.98 Å². The van der Waals surface area contributed by atoms with Gasteiger partial charge in [0, 0.05) is 0 Å². The molecule has 0 radical (unpaired) electrons. The van der Waals surface area contributed by atoms with Gasteiger partial charge in [0.15, 0.2) is 6.10 Å². The number of rotatable bonds is 3. The van der Waals surface area contributed by atoms with Gasteiger partial charge in [0.1, 0.15) is 11.6 Å². The molecule has 0 aliphatic heterocycles. The molecule has 0 aliphatic rings. The Morgan fingerprint density at radius 3 is 2.65 bits per heavy atom. The Hall–Kier alpha value is -2.21. The van der Waals surface area contributed by atoms with E-state index in [1.807, 2.05) is 0 Å². The second-order valence-corrected chi connectivity index (χ2v) is 3.31. The van der Waals surface area contributed by atoms with Gasteiger partial charge in [0.2, 0.25) is 5.76 Å². The summed E-state index contributed by atoms with van der Waals surface area (Å²) >= 11 is 0. The van der Waals surface area contributed by atoms with Crippen molar-refractivity contribution in [2.24, 2.45) is 0 Å². The van der Waals surface area contributed by atoms with Gasteiger partial charge in [-0.3, -0.25) is 4.98 Å². The number of aliphatic hydroxyl groups excluding tert-OH is 1. The van der Waals surface area contributed by atoms with Crippen LogP contribution in [0, 0.1) is 5.82 Å². The summed E-state index contributed by atoms with van der Waals surface area (Å²) in [6.45, 7) is 0. The van der Waals surface area contributed by atoms with Gasteiger partial charge < -0.3 is 14.6 Å². The van der Waals surface area contributed by atoms with E-state index in [1.54, 1.807) is 0 Å². The zero-order valence-electron chi connectivity index (χ0n) is 8.50. The highest BCUT2D eigenvalue weighted by Gasteiger charge is 2.18. The summed E-state index contributed by atoms with van der Waals surface area (Å²) < 4.78 is 17.5. The zero-order valence-corrected chi connectivity index (χ0v) is 8.50. The second kappa shape index (κ2) is 4.34. The first-order valence-electron chi connectivity index (χ1n) is 4.70. The molecule has 0 spiro atoms. The van der Waals surface area contributed by atoms with E-state index in [-0.39, 0.29) is 17.2 Å². The van der Waals surface area contributed by atoms with Gasteiger partial charge in [-0.1, -0.05) is 0 Å². The summed E-state index contributed by atoms with van der Waals surface area (Å²) in [5, 5.41) is 18.5. The molecule has 0 saturated carbocycles. The molecule has 0 aliphatic carbocycles. The third-order valence-corrected chi connectivity index (χ3v) is 2.14. The Labute approximate surface area is 95.1 Å². The molecule has 2 rings (SSSR count). The Bertz CT molecular complexity index is 535. The van der Waals surface area contributed by atoms with Crippen molar-refractivity contribution in [3.63, 3.8) is 0 Å². The summed E-state index contributed by atoms with van der Waals surface area (Å²) in [5.41, 5.74) is 0.178. The first kappa shape index (κ1) is 11.3. The van der Waals surface area contributed by atoms with Crippen LogP contribution in [-0.4, -0.2) is 21.2 Å². The average molecular weight is 237 g/mol. The molecule has 6 heteroatoms. The molecular formula is C11H8FNO4. The quantitative estimate of drug-likeness (QED) is 0.846. The largest absolute Gasteiger partial charge is 0.475 e. The number of carboxylic acids is 1. The van der Waals surface area contributed by atoms with E-state index >= 15 is 0 Å². The van der Waals surface area contributed by atoms with Gasteiger partial charge in [-0.15, -0.1) is 0 Å². The lowest BCUT2D eigenvalue weighted by Crippen LogP contribution is -2.01. The Balaban J connectivity index is 2.27. The van der Waals surface area contributed by atoms with E-state index in [0.29, 0.717) is 0 Å². The molecule has 1 atom stereocenters. The van der Waals surface area contributed by atoms with Crippen LogP contribution in [-0.2, 0) is 0 Å². The lowest BCUT2D eigenvalue weighted by atomic mass is 10.2. The van der Waals surface area contributed by atoms with E-state index in [1.165, 1.54) is 18.2 Å². The van der Waals surface area contributed by atoms with Crippen molar-refractivity contribution < 1.29 is 23.8 Å². The van der Waals surface area contributed by atoms with E-state index in [2.05, 4.69) is 4.98 Å². The van der Waals surface area contributed by atoms with E-state index in [4.69, 9.17) is 9.52 Å². The molecule has 0 aromatic carbocycles. The van der Waals surface area contributed by atoms with E-state index in [0.717, 1.165) is 12.3 Å². The summed E-state index contributed by atoms with van der Waals surface area (Å²) in [6, 6.07) is 5.00. The lowest BCUT2D eigenvalue weighted by molar-refractivity contribution is 0.0654. The monoisotopic (exact) mass is 237 g/mol. The fourth-order valence-electron chi connectivity index (χ4n) is 1.31. The topological polar surface area (TPSA) is 83.6 Å². The van der Waals surface area contributed by atoms with Crippen LogP contribution in [0.2, 0.25) is 0 Å². The predicted molar refractivity (Wildman–Crippen MR) is 53.9 cm³/mol. The minimum absolute atomic E-state index is 0.0431. The van der Waals surface area contributed by atoms with Gasteiger partial charge in [-0.2, -0.15) is 0 Å². The van der Waals surface area contributed by atoms with Crippen LogP contribution >= 0.6 is 0 Å². The number of hydrogen-bond donors (Lipinski definition) is 2. The number of aliphatic hydroxyl groups is 1. The molecule has 17 heavy (non-hydrogen) atoms. The lowest BCUT2D eigenvalue weighted by Gasteiger charge is -2.06. The second-order valence-electron chi connectivity index (χ2n) is 3.31. The van der Waals surface area contributed by atoms with Crippen molar-refractivity contribution >= 4 is 5.97 Å². The van der Waals surface area contributed by atoms with Crippen LogP contribution in [0.25, 0.3) is 0 Å². The molecule has 88 valence electrons. The minimum Gasteiger partial charge on any atom is -0.475 e. The fraction of sp³-hybridized carbons (Fsp3) is 0.0909. The molecular weight excluding hydrogens is 229 g/mol. The molecule has 2 aromatic heterocycles. The van der Waals surface area contributed by atoms with Gasteiger partial charge >= 0.3 is 5.97 Å². The average Bonchev–Trinajstić information content (AvgIpc) is 2.78. The summed E-state index contributed by atoms with van der Waals surface area (Å²) in [5.74, 6) is -1.98. The number of furan rings is 1. The number of halogens is 1. The van der Waals surface area contributed by atoms with Gasteiger partial charge in [-0.05, 0) is 24.3 Å². The number of pyridine rings is 1. The van der Waals surface area contributed by atoms with Gasteiger partial charge in [0.25, 0.3) is 0 Å². The maximum atomic E-state index is 12.6. The molecule has 0 amide bonds. The van der Waals surface area contributed by atoms with E-state index < -0.39 is 17.9 Å². The normalized spacial score (nSPS) is 12.4. The Kier molecular flexibility index (Phi) is 2.88. The summed E-state index contributed by atoms with van der Waals surface area (Å²) in [6.07, 6.45) is -0.261. The highest BCUT2D eigenvalue weighted by Crippen LogP contribution is 2.22. The SMILES string of the molecule is O=C(O)c1ccc(C(O)c2ccc(F)cn2)o1. The Morgan fingerprint density at radius 2 is 2.12 bits per heavy atom. The van der Waals surface area contributed by atoms with Crippen molar-refractivity contribution in [3.05, 3.63) is 53.5 Å². The maximum absolute atomic E-state index is 12.6. The van der Waals surface area contributed by atoms with Crippen LogP contribution in [0.4, 0.5) is 4.39 Å². The standard InChI is InChI=1S/C11H8FNO4/c12-6-1-2-7(13-5-6)10(14)8-3-4-9(17-8)11(15)16/h1-5,10,14H,(H,15,16). The zero-order chi connectivity index (χ0) is 12.4. The predicted octanol–water partition coefficient (Wildman–Crippen LogP) is 1.59. The molecule has 5 nitrogen and oxygen atoms in total. The molecule has 2 N–H and O–H groups in total. The summed E-state index contributed by atoms with van der Waals surface area (Å²) in [7, 11) is 0.